The molecule has 0 bridgehead atoms. The second-order valence-corrected chi connectivity index (χ2v) is 6.18. The number of benzene rings is 2. The van der Waals surface area contributed by atoms with E-state index < -0.39 is 0 Å². The summed E-state index contributed by atoms with van der Waals surface area (Å²) in [6.07, 6.45) is 2.02. The first-order chi connectivity index (χ1) is 11.7. The molecule has 4 rings (SSSR count). The summed E-state index contributed by atoms with van der Waals surface area (Å²) < 4.78 is 0. The van der Waals surface area contributed by atoms with Gasteiger partial charge in [-0.3, -0.25) is 4.79 Å². The van der Waals surface area contributed by atoms with Gasteiger partial charge in [-0.2, -0.15) is 0 Å². The number of aromatic amines is 1. The number of H-pyrrole nitrogens is 1. The highest BCUT2D eigenvalue weighted by molar-refractivity contribution is 6.08. The van der Waals surface area contributed by atoms with Crippen LogP contribution in [0.2, 0.25) is 0 Å². The van der Waals surface area contributed by atoms with Crippen LogP contribution in [0.3, 0.4) is 0 Å². The molecule has 24 heavy (non-hydrogen) atoms. The third-order valence-corrected chi connectivity index (χ3v) is 4.59. The molecule has 1 aliphatic rings. The Labute approximate surface area is 139 Å². The summed E-state index contributed by atoms with van der Waals surface area (Å²) in [5, 5.41) is 16.8. The lowest BCUT2D eigenvalue weighted by atomic mass is 9.97. The zero-order valence-corrected chi connectivity index (χ0v) is 13.2. The summed E-state index contributed by atoms with van der Waals surface area (Å²) in [6, 6.07) is 13.0. The molecule has 5 heteroatoms. The van der Waals surface area contributed by atoms with E-state index in [1.807, 2.05) is 36.5 Å². The average molecular weight is 321 g/mol. The van der Waals surface area contributed by atoms with Crippen LogP contribution >= 0.6 is 0 Å². The van der Waals surface area contributed by atoms with Gasteiger partial charge in [0.05, 0.1) is 0 Å². The Balaban J connectivity index is 1.53. The van der Waals surface area contributed by atoms with Crippen molar-refractivity contribution in [3.63, 3.8) is 0 Å². The minimum absolute atomic E-state index is 0.0116. The second kappa shape index (κ2) is 6.02. The molecule has 0 spiro atoms. The molecule has 0 saturated heterocycles. The van der Waals surface area contributed by atoms with E-state index in [1.54, 1.807) is 12.1 Å². The molecule has 1 aliphatic heterocycles. The van der Waals surface area contributed by atoms with Crippen molar-refractivity contribution in [3.8, 4) is 5.75 Å². The predicted octanol–water partition coefficient (Wildman–Crippen LogP) is 2.49. The van der Waals surface area contributed by atoms with Gasteiger partial charge in [-0.05, 0) is 35.4 Å². The van der Waals surface area contributed by atoms with Crippen molar-refractivity contribution < 1.29 is 9.90 Å². The van der Waals surface area contributed by atoms with E-state index >= 15 is 0 Å². The van der Waals surface area contributed by atoms with Gasteiger partial charge in [0.15, 0.2) is 0 Å². The molecule has 0 radical (unpaired) electrons. The van der Waals surface area contributed by atoms with Crippen molar-refractivity contribution in [2.45, 2.75) is 12.5 Å². The third kappa shape index (κ3) is 2.63. The Morgan fingerprint density at radius 1 is 1.17 bits per heavy atom. The number of aromatic hydroxyl groups is 1. The Morgan fingerprint density at radius 3 is 2.83 bits per heavy atom. The maximum absolute atomic E-state index is 12.3. The number of carbonyl (C=O) groups excluding carboxylic acids is 1. The second-order valence-electron chi connectivity index (χ2n) is 6.18. The first kappa shape index (κ1) is 14.8. The number of amides is 1. The molecule has 0 fully saturated rings. The van der Waals surface area contributed by atoms with Gasteiger partial charge in [-0.1, -0.05) is 18.2 Å². The number of hydrogen-bond acceptors (Lipinski definition) is 3. The Bertz CT molecular complexity index is 883. The fourth-order valence-electron chi connectivity index (χ4n) is 3.33. The van der Waals surface area contributed by atoms with Crippen molar-refractivity contribution in [1.82, 2.24) is 15.6 Å². The molecule has 122 valence electrons. The van der Waals surface area contributed by atoms with Crippen molar-refractivity contribution in [1.29, 1.82) is 0 Å². The van der Waals surface area contributed by atoms with Crippen LogP contribution in [0.15, 0.2) is 48.7 Å². The van der Waals surface area contributed by atoms with E-state index in [2.05, 4.69) is 15.6 Å². The highest BCUT2D eigenvalue weighted by Gasteiger charge is 2.24. The van der Waals surface area contributed by atoms with Crippen LogP contribution < -0.4 is 10.6 Å². The van der Waals surface area contributed by atoms with Crippen LogP contribution in [-0.4, -0.2) is 29.1 Å². The number of phenols is 1. The Hall–Kier alpha value is -2.79. The third-order valence-electron chi connectivity index (χ3n) is 4.59. The highest BCUT2D eigenvalue weighted by atomic mass is 16.3. The van der Waals surface area contributed by atoms with E-state index in [9.17, 15) is 9.90 Å². The quantitative estimate of drug-likeness (QED) is 0.596. The number of carbonyl (C=O) groups is 1. The van der Waals surface area contributed by atoms with Crippen LogP contribution in [0.5, 0.6) is 5.75 Å². The van der Waals surface area contributed by atoms with Crippen LogP contribution in [0.25, 0.3) is 10.9 Å². The van der Waals surface area contributed by atoms with E-state index in [1.165, 1.54) is 5.56 Å². The maximum atomic E-state index is 12.3. The SMILES string of the molecule is O=C1NCC(CNCc2ccc(O)cc2)c2c[nH]c3cccc1c23. The van der Waals surface area contributed by atoms with Gasteiger partial charge < -0.3 is 20.7 Å². The fourth-order valence-corrected chi connectivity index (χ4v) is 3.33. The van der Waals surface area contributed by atoms with Crippen LogP contribution in [0, 0.1) is 0 Å². The lowest BCUT2D eigenvalue weighted by molar-refractivity contribution is 0.0954. The summed E-state index contributed by atoms with van der Waals surface area (Å²) >= 11 is 0. The monoisotopic (exact) mass is 321 g/mol. The number of aromatic nitrogens is 1. The zero-order valence-electron chi connectivity index (χ0n) is 13.2. The lowest BCUT2D eigenvalue weighted by Gasteiger charge is -2.16. The molecule has 5 nitrogen and oxygen atoms in total. The van der Waals surface area contributed by atoms with Gasteiger partial charge in [0.25, 0.3) is 5.91 Å². The van der Waals surface area contributed by atoms with Gasteiger partial charge in [0.2, 0.25) is 0 Å². The van der Waals surface area contributed by atoms with Gasteiger partial charge in [-0.25, -0.2) is 0 Å². The van der Waals surface area contributed by atoms with E-state index in [4.69, 9.17) is 0 Å². The van der Waals surface area contributed by atoms with Gasteiger partial charge in [0, 0.05) is 48.2 Å². The smallest absolute Gasteiger partial charge is 0.251 e. The predicted molar refractivity (Wildman–Crippen MR) is 93.2 cm³/mol. The van der Waals surface area contributed by atoms with Crippen molar-refractivity contribution in [3.05, 3.63) is 65.4 Å². The van der Waals surface area contributed by atoms with Crippen LogP contribution in [0.1, 0.15) is 27.4 Å². The summed E-state index contributed by atoms with van der Waals surface area (Å²) in [4.78, 5) is 15.6. The number of nitrogens with one attached hydrogen (secondary N) is 3. The molecule has 1 atom stereocenters. The minimum Gasteiger partial charge on any atom is -0.508 e. The topological polar surface area (TPSA) is 77.2 Å². The van der Waals surface area contributed by atoms with Crippen molar-refractivity contribution >= 4 is 16.8 Å². The summed E-state index contributed by atoms with van der Waals surface area (Å²) in [6.45, 7) is 2.10. The number of phenolic OH excluding ortho intramolecular Hbond substituents is 1. The molecule has 0 saturated carbocycles. The summed E-state index contributed by atoms with van der Waals surface area (Å²) in [5.41, 5.74) is 4.04. The van der Waals surface area contributed by atoms with Gasteiger partial charge in [0.1, 0.15) is 5.75 Å². The standard InChI is InChI=1S/C19H19N3O2/c23-14-6-4-12(5-7-14)8-20-9-13-10-22-19(24)15-2-1-3-17-18(15)16(13)11-21-17/h1-7,11,13,20-21,23H,8-10H2,(H,22,24). The normalized spacial score (nSPS) is 16.8. The molecule has 1 aromatic heterocycles. The first-order valence-corrected chi connectivity index (χ1v) is 8.09. The van der Waals surface area contributed by atoms with Crippen molar-refractivity contribution in [2.24, 2.45) is 0 Å². The Kier molecular flexibility index (Phi) is 3.70. The molecular weight excluding hydrogens is 302 g/mol. The molecule has 4 N–H and O–H groups in total. The highest BCUT2D eigenvalue weighted by Crippen LogP contribution is 2.30. The molecule has 1 amide bonds. The lowest BCUT2D eigenvalue weighted by Crippen LogP contribution is -2.31. The molecule has 0 aliphatic carbocycles. The molecule has 2 aromatic carbocycles. The summed E-state index contributed by atoms with van der Waals surface area (Å²) in [7, 11) is 0. The van der Waals surface area contributed by atoms with Crippen LogP contribution in [0.4, 0.5) is 0 Å². The zero-order chi connectivity index (χ0) is 16.5. The Morgan fingerprint density at radius 2 is 2.00 bits per heavy atom. The van der Waals surface area contributed by atoms with E-state index in [0.717, 1.165) is 35.1 Å². The van der Waals surface area contributed by atoms with E-state index in [-0.39, 0.29) is 17.6 Å². The van der Waals surface area contributed by atoms with Crippen LogP contribution in [-0.2, 0) is 6.54 Å². The van der Waals surface area contributed by atoms with Crippen molar-refractivity contribution in [2.75, 3.05) is 13.1 Å². The molecular formula is C19H19N3O2. The summed E-state index contributed by atoms with van der Waals surface area (Å²) in [5.74, 6) is 0.475. The molecule has 2 heterocycles. The largest absolute Gasteiger partial charge is 0.508 e. The minimum atomic E-state index is -0.0116. The first-order valence-electron chi connectivity index (χ1n) is 8.09. The number of rotatable bonds is 4. The van der Waals surface area contributed by atoms with E-state index in [0.29, 0.717) is 6.54 Å². The fraction of sp³-hybridized carbons (Fsp3) is 0.211. The molecule has 3 aromatic rings. The number of hydrogen-bond donors (Lipinski definition) is 4. The molecule has 1 unspecified atom stereocenters. The van der Waals surface area contributed by atoms with Gasteiger partial charge in [-0.15, -0.1) is 0 Å². The average Bonchev–Trinajstić information content (AvgIpc) is 2.97. The van der Waals surface area contributed by atoms with Gasteiger partial charge >= 0.3 is 0 Å². The maximum Gasteiger partial charge on any atom is 0.251 e.